The van der Waals surface area contributed by atoms with Gasteiger partial charge in [0.25, 0.3) is 5.91 Å². The molecule has 1 N–H and O–H groups in total. The molecule has 0 radical (unpaired) electrons. The number of nitrogens with zero attached hydrogens (tertiary/aromatic N) is 2. The zero-order valence-electron chi connectivity index (χ0n) is 10.8. The average Bonchev–Trinajstić information content (AvgIpc) is 2.77. The summed E-state index contributed by atoms with van der Waals surface area (Å²) in [6.45, 7) is 7.95. The van der Waals surface area contributed by atoms with Gasteiger partial charge in [0.1, 0.15) is 5.76 Å². The monoisotopic (exact) mass is 253 g/mol. The number of carbonyl (C=O) groups is 1. The molecule has 1 aliphatic heterocycles. The van der Waals surface area contributed by atoms with Crippen molar-refractivity contribution in [2.24, 2.45) is 0 Å². The fraction of sp³-hybridized carbons (Fsp3) is 0.667. The molecule has 2 heterocycles. The van der Waals surface area contributed by atoms with Gasteiger partial charge in [-0.15, -0.1) is 0 Å². The zero-order valence-corrected chi connectivity index (χ0v) is 10.8. The molecule has 0 spiro atoms. The molecular formula is C12H19N3O3. The standard InChI is InChI=1S/C12H19N3O3/c1-9(8-15-3-5-17-6-4-15)13-12(16)11-7-10(2)18-14-11/h7,9H,3-6,8H2,1-2H3,(H,13,16). The number of hydrogen-bond donors (Lipinski definition) is 1. The summed E-state index contributed by atoms with van der Waals surface area (Å²) in [5.74, 6) is 0.452. The molecule has 1 aliphatic rings. The molecule has 1 fully saturated rings. The van der Waals surface area contributed by atoms with Gasteiger partial charge >= 0.3 is 0 Å². The van der Waals surface area contributed by atoms with E-state index in [1.807, 2.05) is 6.92 Å². The minimum Gasteiger partial charge on any atom is -0.379 e. The molecule has 1 unspecified atom stereocenters. The summed E-state index contributed by atoms with van der Waals surface area (Å²) in [5, 5.41) is 6.61. The van der Waals surface area contributed by atoms with Gasteiger partial charge in [0.15, 0.2) is 5.69 Å². The van der Waals surface area contributed by atoms with Crippen molar-refractivity contribution in [2.75, 3.05) is 32.8 Å². The second kappa shape index (κ2) is 5.97. The van der Waals surface area contributed by atoms with Crippen molar-refractivity contribution in [3.63, 3.8) is 0 Å². The Bertz CT molecular complexity index is 399. The van der Waals surface area contributed by atoms with Crippen LogP contribution in [0.4, 0.5) is 0 Å². The van der Waals surface area contributed by atoms with Gasteiger partial charge in [-0.25, -0.2) is 0 Å². The van der Waals surface area contributed by atoms with Gasteiger partial charge < -0.3 is 14.6 Å². The van der Waals surface area contributed by atoms with Crippen LogP contribution < -0.4 is 5.32 Å². The maximum atomic E-state index is 11.8. The fourth-order valence-electron chi connectivity index (χ4n) is 1.99. The average molecular weight is 253 g/mol. The van der Waals surface area contributed by atoms with Crippen molar-refractivity contribution >= 4 is 5.91 Å². The Morgan fingerprint density at radius 3 is 2.89 bits per heavy atom. The number of nitrogens with one attached hydrogen (secondary N) is 1. The minimum absolute atomic E-state index is 0.0765. The first-order valence-electron chi connectivity index (χ1n) is 6.19. The van der Waals surface area contributed by atoms with E-state index in [-0.39, 0.29) is 11.9 Å². The van der Waals surface area contributed by atoms with E-state index >= 15 is 0 Å². The summed E-state index contributed by atoms with van der Waals surface area (Å²) >= 11 is 0. The van der Waals surface area contributed by atoms with Gasteiger partial charge in [0, 0.05) is 31.7 Å². The molecule has 100 valence electrons. The van der Waals surface area contributed by atoms with Gasteiger partial charge in [-0.3, -0.25) is 9.69 Å². The van der Waals surface area contributed by atoms with Crippen molar-refractivity contribution in [1.82, 2.24) is 15.4 Å². The van der Waals surface area contributed by atoms with Gasteiger partial charge in [-0.1, -0.05) is 5.16 Å². The number of ether oxygens (including phenoxy) is 1. The first-order valence-corrected chi connectivity index (χ1v) is 6.19. The molecular weight excluding hydrogens is 234 g/mol. The molecule has 0 aromatic carbocycles. The van der Waals surface area contributed by atoms with E-state index in [1.54, 1.807) is 13.0 Å². The van der Waals surface area contributed by atoms with Crippen LogP contribution in [0.2, 0.25) is 0 Å². The largest absolute Gasteiger partial charge is 0.379 e. The summed E-state index contributed by atoms with van der Waals surface area (Å²) in [7, 11) is 0. The summed E-state index contributed by atoms with van der Waals surface area (Å²) < 4.78 is 10.2. The van der Waals surface area contributed by atoms with Crippen LogP contribution in [0.25, 0.3) is 0 Å². The van der Waals surface area contributed by atoms with Crippen LogP contribution in [0.1, 0.15) is 23.2 Å². The van der Waals surface area contributed by atoms with Crippen LogP contribution in [-0.4, -0.2) is 54.9 Å². The van der Waals surface area contributed by atoms with Crippen LogP contribution >= 0.6 is 0 Å². The van der Waals surface area contributed by atoms with E-state index in [2.05, 4.69) is 15.4 Å². The second-order valence-electron chi connectivity index (χ2n) is 4.61. The lowest BCUT2D eigenvalue weighted by molar-refractivity contribution is 0.0342. The topological polar surface area (TPSA) is 67.6 Å². The van der Waals surface area contributed by atoms with Gasteiger partial charge in [-0.05, 0) is 13.8 Å². The minimum atomic E-state index is -0.187. The predicted molar refractivity (Wildman–Crippen MR) is 65.4 cm³/mol. The smallest absolute Gasteiger partial charge is 0.273 e. The lowest BCUT2D eigenvalue weighted by Gasteiger charge is -2.29. The third-order valence-electron chi connectivity index (χ3n) is 2.87. The van der Waals surface area contributed by atoms with E-state index in [4.69, 9.17) is 9.26 Å². The maximum absolute atomic E-state index is 11.8. The molecule has 1 aromatic heterocycles. The Balaban J connectivity index is 1.79. The summed E-state index contributed by atoms with van der Waals surface area (Å²) in [5.41, 5.74) is 0.335. The van der Waals surface area contributed by atoms with Crippen molar-refractivity contribution < 1.29 is 14.1 Å². The quantitative estimate of drug-likeness (QED) is 0.843. The summed E-state index contributed by atoms with van der Waals surface area (Å²) in [4.78, 5) is 14.1. The van der Waals surface area contributed by atoms with Gasteiger partial charge in [-0.2, -0.15) is 0 Å². The number of amides is 1. The first-order chi connectivity index (χ1) is 8.65. The van der Waals surface area contributed by atoms with Crippen LogP contribution in [0.3, 0.4) is 0 Å². The Labute approximate surface area is 106 Å². The van der Waals surface area contributed by atoms with E-state index in [1.165, 1.54) is 0 Å². The van der Waals surface area contributed by atoms with E-state index in [0.717, 1.165) is 32.8 Å². The highest BCUT2D eigenvalue weighted by Gasteiger charge is 2.17. The Kier molecular flexibility index (Phi) is 4.33. The molecule has 1 amide bonds. The summed E-state index contributed by atoms with van der Waals surface area (Å²) in [6.07, 6.45) is 0. The second-order valence-corrected chi connectivity index (χ2v) is 4.61. The Morgan fingerprint density at radius 2 is 2.28 bits per heavy atom. The predicted octanol–water partition coefficient (Wildman–Crippen LogP) is 0.434. The highest BCUT2D eigenvalue weighted by molar-refractivity contribution is 5.92. The fourth-order valence-corrected chi connectivity index (χ4v) is 1.99. The first kappa shape index (κ1) is 13.0. The number of hydrogen-bond acceptors (Lipinski definition) is 5. The van der Waals surface area contributed by atoms with Crippen LogP contribution in [-0.2, 0) is 4.74 Å². The zero-order chi connectivity index (χ0) is 13.0. The Hall–Kier alpha value is -1.40. The molecule has 1 aromatic rings. The van der Waals surface area contributed by atoms with Gasteiger partial charge in [0.2, 0.25) is 0 Å². The number of morpholine rings is 1. The highest BCUT2D eigenvalue weighted by Crippen LogP contribution is 2.03. The lowest BCUT2D eigenvalue weighted by atomic mass is 10.2. The molecule has 0 aliphatic carbocycles. The normalized spacial score (nSPS) is 18.6. The van der Waals surface area contributed by atoms with E-state index in [9.17, 15) is 4.79 Å². The van der Waals surface area contributed by atoms with Crippen LogP contribution in [0.5, 0.6) is 0 Å². The summed E-state index contributed by atoms with van der Waals surface area (Å²) in [6, 6.07) is 1.71. The molecule has 2 rings (SSSR count). The number of aryl methyl sites for hydroxylation is 1. The van der Waals surface area contributed by atoms with Crippen molar-refractivity contribution in [2.45, 2.75) is 19.9 Å². The van der Waals surface area contributed by atoms with Crippen LogP contribution in [0.15, 0.2) is 10.6 Å². The third kappa shape index (κ3) is 3.54. The van der Waals surface area contributed by atoms with Crippen molar-refractivity contribution in [3.05, 3.63) is 17.5 Å². The molecule has 0 bridgehead atoms. The molecule has 18 heavy (non-hydrogen) atoms. The highest BCUT2D eigenvalue weighted by atomic mass is 16.5. The third-order valence-corrected chi connectivity index (χ3v) is 2.87. The Morgan fingerprint density at radius 1 is 1.56 bits per heavy atom. The van der Waals surface area contributed by atoms with Gasteiger partial charge in [0.05, 0.1) is 13.2 Å². The SMILES string of the molecule is Cc1cc(C(=O)NC(C)CN2CCOCC2)no1. The molecule has 6 nitrogen and oxygen atoms in total. The lowest BCUT2D eigenvalue weighted by Crippen LogP contribution is -2.46. The van der Waals surface area contributed by atoms with E-state index < -0.39 is 0 Å². The molecule has 1 atom stereocenters. The maximum Gasteiger partial charge on any atom is 0.273 e. The molecule has 1 saturated heterocycles. The number of carbonyl (C=O) groups excluding carboxylic acids is 1. The van der Waals surface area contributed by atoms with E-state index in [0.29, 0.717) is 11.5 Å². The number of rotatable bonds is 4. The van der Waals surface area contributed by atoms with Crippen molar-refractivity contribution in [1.29, 1.82) is 0 Å². The molecule has 0 saturated carbocycles. The molecule has 6 heteroatoms. The van der Waals surface area contributed by atoms with Crippen molar-refractivity contribution in [3.8, 4) is 0 Å². The van der Waals surface area contributed by atoms with Crippen LogP contribution in [0, 0.1) is 6.92 Å². The number of aromatic nitrogens is 1.